The van der Waals surface area contributed by atoms with Crippen LogP contribution in [0.1, 0.15) is 54.5 Å². The van der Waals surface area contributed by atoms with Crippen LogP contribution in [0.3, 0.4) is 0 Å². The van der Waals surface area contributed by atoms with Crippen LogP contribution in [0.15, 0.2) is 78.9 Å². The molecule has 3 aromatic carbocycles. The van der Waals surface area contributed by atoms with E-state index in [4.69, 9.17) is 0 Å². The lowest BCUT2D eigenvalue weighted by atomic mass is 9.45. The Morgan fingerprint density at radius 2 is 1.08 bits per heavy atom. The summed E-state index contributed by atoms with van der Waals surface area (Å²) < 4.78 is 0. The van der Waals surface area contributed by atoms with Crippen LogP contribution in [0, 0.1) is 5.92 Å². The Labute approximate surface area is 150 Å². The monoisotopic (exact) mass is 324 g/mol. The van der Waals surface area contributed by atoms with Gasteiger partial charge in [-0.25, -0.2) is 0 Å². The molecule has 0 atom stereocenters. The lowest BCUT2D eigenvalue weighted by Crippen LogP contribution is -2.51. The largest absolute Gasteiger partial charge is 0.0622 e. The Hall–Kier alpha value is -2.34. The van der Waals surface area contributed by atoms with Crippen molar-refractivity contribution in [2.24, 2.45) is 5.92 Å². The van der Waals surface area contributed by atoms with Gasteiger partial charge in [0.1, 0.15) is 0 Å². The minimum atomic E-state index is 0.00505. The van der Waals surface area contributed by atoms with E-state index in [1.807, 2.05) is 0 Å². The van der Waals surface area contributed by atoms with E-state index in [2.05, 4.69) is 92.7 Å². The summed E-state index contributed by atoms with van der Waals surface area (Å²) in [5, 5.41) is 0. The van der Waals surface area contributed by atoms with Gasteiger partial charge in [0.05, 0.1) is 0 Å². The molecule has 3 aliphatic rings. The molecule has 0 saturated carbocycles. The second-order valence-electron chi connectivity index (χ2n) is 7.99. The number of fused-ring (bicyclic) bond motifs is 1. The van der Waals surface area contributed by atoms with Crippen LogP contribution in [0.5, 0.6) is 0 Å². The molecule has 0 spiro atoms. The van der Waals surface area contributed by atoms with Crippen LogP contribution in [0.4, 0.5) is 0 Å². The predicted octanol–water partition coefficient (Wildman–Crippen LogP) is 6.07. The summed E-state index contributed by atoms with van der Waals surface area (Å²) in [5.74, 6) is 0.587. The van der Waals surface area contributed by atoms with Crippen LogP contribution in [0.25, 0.3) is 0 Å². The maximum atomic E-state index is 2.40. The molecule has 3 aromatic rings. The smallest absolute Gasteiger partial charge is 0.0457 e. The summed E-state index contributed by atoms with van der Waals surface area (Å²) in [6, 6.07) is 29.6. The molecule has 2 bridgehead atoms. The van der Waals surface area contributed by atoms with Crippen molar-refractivity contribution >= 4 is 0 Å². The van der Waals surface area contributed by atoms with Gasteiger partial charge < -0.3 is 0 Å². The van der Waals surface area contributed by atoms with E-state index in [0.29, 0.717) is 5.92 Å². The standard InChI is InChI=1S/C25H24/c1-18(2)24-16-17-25(19-10-4-3-5-11-19,22-14-8-6-12-20(22)24)23-15-9-7-13-21(23)24/h3-15,18H,16-17H2,1-2H3. The Balaban J connectivity index is 1.95. The molecule has 0 saturated heterocycles. The Morgan fingerprint density at radius 3 is 1.60 bits per heavy atom. The third-order valence-corrected chi connectivity index (χ3v) is 6.88. The van der Waals surface area contributed by atoms with Crippen molar-refractivity contribution in [2.45, 2.75) is 37.5 Å². The summed E-state index contributed by atoms with van der Waals surface area (Å²) in [4.78, 5) is 0. The van der Waals surface area contributed by atoms with E-state index in [-0.39, 0.29) is 10.8 Å². The summed E-state index contributed by atoms with van der Waals surface area (Å²) in [6.45, 7) is 4.79. The number of benzene rings is 3. The fourth-order valence-electron chi connectivity index (χ4n) is 5.79. The number of hydrogen-bond acceptors (Lipinski definition) is 0. The second-order valence-corrected chi connectivity index (χ2v) is 7.99. The fraction of sp³-hybridized carbons (Fsp3) is 0.280. The van der Waals surface area contributed by atoms with Gasteiger partial charge in [0.25, 0.3) is 0 Å². The highest BCUT2D eigenvalue weighted by molar-refractivity contribution is 5.67. The molecule has 0 heterocycles. The van der Waals surface area contributed by atoms with E-state index < -0.39 is 0 Å². The van der Waals surface area contributed by atoms with Crippen molar-refractivity contribution < 1.29 is 0 Å². The molecule has 0 unspecified atom stereocenters. The minimum absolute atomic E-state index is 0.00505. The van der Waals surface area contributed by atoms with E-state index in [1.54, 1.807) is 11.1 Å². The first-order chi connectivity index (χ1) is 12.2. The van der Waals surface area contributed by atoms with Crippen LogP contribution in [0.2, 0.25) is 0 Å². The molecule has 0 amide bonds. The fourth-order valence-corrected chi connectivity index (χ4v) is 5.79. The third-order valence-electron chi connectivity index (χ3n) is 6.88. The van der Waals surface area contributed by atoms with Gasteiger partial charge >= 0.3 is 0 Å². The van der Waals surface area contributed by atoms with Crippen molar-refractivity contribution in [1.29, 1.82) is 0 Å². The van der Waals surface area contributed by atoms with Gasteiger partial charge in [0.15, 0.2) is 0 Å². The Bertz CT molecular complexity index is 886. The lowest BCUT2D eigenvalue weighted by molar-refractivity contribution is 0.255. The zero-order valence-corrected chi connectivity index (χ0v) is 15.0. The first-order valence-electron chi connectivity index (χ1n) is 9.47. The molecule has 0 nitrogen and oxygen atoms in total. The van der Waals surface area contributed by atoms with Gasteiger partial charge in [-0.1, -0.05) is 92.7 Å². The minimum Gasteiger partial charge on any atom is -0.0622 e. The van der Waals surface area contributed by atoms with Crippen molar-refractivity contribution in [3.8, 4) is 0 Å². The van der Waals surface area contributed by atoms with Crippen LogP contribution in [-0.4, -0.2) is 0 Å². The molecule has 3 aliphatic carbocycles. The van der Waals surface area contributed by atoms with Crippen molar-refractivity contribution in [3.63, 3.8) is 0 Å². The van der Waals surface area contributed by atoms with Gasteiger partial charge in [-0.15, -0.1) is 0 Å². The molecule has 0 radical (unpaired) electrons. The zero-order chi connectivity index (χ0) is 17.1. The number of rotatable bonds is 2. The second kappa shape index (κ2) is 5.08. The molecule has 0 aromatic heterocycles. The van der Waals surface area contributed by atoms with Gasteiger partial charge in [-0.2, -0.15) is 0 Å². The summed E-state index contributed by atoms with van der Waals surface area (Å²) in [7, 11) is 0. The molecule has 0 heteroatoms. The normalized spacial score (nSPS) is 26.4. The van der Waals surface area contributed by atoms with E-state index in [1.165, 1.54) is 29.5 Å². The molecule has 0 aliphatic heterocycles. The first-order valence-corrected chi connectivity index (χ1v) is 9.47. The highest BCUT2D eigenvalue weighted by Gasteiger charge is 2.56. The maximum Gasteiger partial charge on any atom is 0.0457 e. The average molecular weight is 324 g/mol. The molecule has 6 rings (SSSR count). The maximum absolute atomic E-state index is 2.40. The molecule has 25 heavy (non-hydrogen) atoms. The van der Waals surface area contributed by atoms with Crippen LogP contribution < -0.4 is 0 Å². The highest BCUT2D eigenvalue weighted by atomic mass is 14.6. The Morgan fingerprint density at radius 1 is 0.600 bits per heavy atom. The van der Waals surface area contributed by atoms with Crippen molar-refractivity contribution in [1.82, 2.24) is 0 Å². The van der Waals surface area contributed by atoms with Gasteiger partial charge in [0, 0.05) is 10.8 Å². The van der Waals surface area contributed by atoms with Crippen molar-refractivity contribution in [3.05, 3.63) is 107 Å². The quantitative estimate of drug-likeness (QED) is 0.536. The predicted molar refractivity (Wildman–Crippen MR) is 104 cm³/mol. The molecular weight excluding hydrogens is 300 g/mol. The molecule has 0 fully saturated rings. The Kier molecular flexibility index (Phi) is 3.04. The van der Waals surface area contributed by atoms with E-state index in [9.17, 15) is 0 Å². The molecular formula is C25H24. The summed E-state index contributed by atoms with van der Waals surface area (Å²) >= 11 is 0. The van der Waals surface area contributed by atoms with Gasteiger partial charge in [-0.05, 0) is 46.6 Å². The van der Waals surface area contributed by atoms with Gasteiger partial charge in [0.2, 0.25) is 0 Å². The molecule has 124 valence electrons. The molecule has 0 N–H and O–H groups in total. The number of hydrogen-bond donors (Lipinski definition) is 0. The lowest BCUT2D eigenvalue weighted by Gasteiger charge is -2.57. The van der Waals surface area contributed by atoms with Crippen LogP contribution >= 0.6 is 0 Å². The SMILES string of the molecule is CC(C)C12CCC(c3ccccc3)(c3ccccc31)c1ccccc12. The topological polar surface area (TPSA) is 0 Å². The van der Waals surface area contributed by atoms with E-state index >= 15 is 0 Å². The zero-order valence-electron chi connectivity index (χ0n) is 15.0. The summed E-state index contributed by atoms with van der Waals surface area (Å²) in [5.41, 5.74) is 7.76. The summed E-state index contributed by atoms with van der Waals surface area (Å²) in [6.07, 6.45) is 2.43. The third kappa shape index (κ3) is 1.68. The van der Waals surface area contributed by atoms with Crippen molar-refractivity contribution in [2.75, 3.05) is 0 Å². The van der Waals surface area contributed by atoms with Gasteiger partial charge in [-0.3, -0.25) is 0 Å². The average Bonchev–Trinajstić information content (AvgIpc) is 2.69. The first kappa shape index (κ1) is 15.0. The highest BCUT2D eigenvalue weighted by Crippen LogP contribution is 2.63. The van der Waals surface area contributed by atoms with Crippen LogP contribution in [-0.2, 0) is 10.8 Å². The van der Waals surface area contributed by atoms with E-state index in [0.717, 1.165) is 0 Å².